The third kappa shape index (κ3) is 7.65. The van der Waals surface area contributed by atoms with Gasteiger partial charge in [-0.25, -0.2) is 0 Å². The first-order valence-electron chi connectivity index (χ1n) is 3.31. The summed E-state index contributed by atoms with van der Waals surface area (Å²) in [5, 5.41) is 0. The van der Waals surface area contributed by atoms with Crippen molar-refractivity contribution < 1.29 is 13.6 Å². The van der Waals surface area contributed by atoms with Crippen LogP contribution in [0.5, 0.6) is 0 Å². The highest BCUT2D eigenvalue weighted by molar-refractivity contribution is 6.22. The fourth-order valence-electron chi connectivity index (χ4n) is 0.346. The SMILES string of the molecule is CCCCO[Si]OC(C)=O. The lowest BCUT2D eigenvalue weighted by Crippen LogP contribution is -2.09. The molecule has 0 amide bonds. The molecule has 0 unspecified atom stereocenters. The lowest BCUT2D eigenvalue weighted by molar-refractivity contribution is -0.132. The van der Waals surface area contributed by atoms with Gasteiger partial charge in [0.25, 0.3) is 5.97 Å². The topological polar surface area (TPSA) is 35.5 Å². The van der Waals surface area contributed by atoms with Crippen LogP contribution in [0.15, 0.2) is 0 Å². The molecule has 0 aromatic heterocycles. The quantitative estimate of drug-likeness (QED) is 0.443. The number of carbonyl (C=O) groups excluding carboxylic acids is 1. The Morgan fingerprint density at radius 1 is 1.60 bits per heavy atom. The Bertz CT molecular complexity index is 95.0. The van der Waals surface area contributed by atoms with E-state index in [-0.39, 0.29) is 16.0 Å². The summed E-state index contributed by atoms with van der Waals surface area (Å²) in [6, 6.07) is 0. The monoisotopic (exact) mass is 160 g/mol. The summed E-state index contributed by atoms with van der Waals surface area (Å²) < 4.78 is 9.52. The van der Waals surface area contributed by atoms with Crippen molar-refractivity contribution in [2.75, 3.05) is 6.61 Å². The van der Waals surface area contributed by atoms with Crippen molar-refractivity contribution in [3.63, 3.8) is 0 Å². The zero-order valence-electron chi connectivity index (χ0n) is 6.35. The molecule has 0 saturated heterocycles. The zero-order chi connectivity index (χ0) is 7.82. The Hall–Kier alpha value is -0.353. The molecule has 2 radical (unpaired) electrons. The van der Waals surface area contributed by atoms with Crippen LogP contribution < -0.4 is 0 Å². The van der Waals surface area contributed by atoms with Gasteiger partial charge >= 0.3 is 10.0 Å². The molecule has 0 aliphatic rings. The first kappa shape index (κ1) is 9.65. The number of carbonyl (C=O) groups is 1. The third-order valence-corrected chi connectivity index (χ3v) is 1.54. The van der Waals surface area contributed by atoms with Gasteiger partial charge in [-0.05, 0) is 6.42 Å². The van der Waals surface area contributed by atoms with Crippen molar-refractivity contribution in [2.45, 2.75) is 26.7 Å². The lowest BCUT2D eigenvalue weighted by Gasteiger charge is -1.98. The zero-order valence-corrected chi connectivity index (χ0v) is 7.35. The van der Waals surface area contributed by atoms with Crippen LogP contribution in [0.4, 0.5) is 0 Å². The number of hydrogen-bond acceptors (Lipinski definition) is 3. The van der Waals surface area contributed by atoms with E-state index in [0.717, 1.165) is 12.8 Å². The van der Waals surface area contributed by atoms with Crippen LogP contribution in [0.1, 0.15) is 26.7 Å². The minimum Gasteiger partial charge on any atom is -0.491 e. The highest BCUT2D eigenvalue weighted by atomic mass is 28.3. The van der Waals surface area contributed by atoms with Crippen molar-refractivity contribution in [3.8, 4) is 0 Å². The average Bonchev–Trinajstić information content (AvgIpc) is 1.87. The molecule has 0 aliphatic carbocycles. The Morgan fingerprint density at radius 2 is 2.30 bits per heavy atom. The maximum atomic E-state index is 10.2. The van der Waals surface area contributed by atoms with E-state index in [1.165, 1.54) is 6.92 Å². The molecule has 10 heavy (non-hydrogen) atoms. The van der Waals surface area contributed by atoms with Crippen LogP contribution >= 0.6 is 0 Å². The number of rotatable bonds is 5. The van der Waals surface area contributed by atoms with Crippen LogP contribution in [-0.4, -0.2) is 22.6 Å². The summed E-state index contributed by atoms with van der Waals surface area (Å²) >= 11 is 0. The molecule has 0 spiro atoms. The molecule has 0 N–H and O–H groups in total. The Labute approximate surface area is 63.8 Å². The summed E-state index contributed by atoms with van der Waals surface area (Å²) in [4.78, 5) is 10.2. The minimum atomic E-state index is -0.283. The summed E-state index contributed by atoms with van der Waals surface area (Å²) in [6.45, 7) is 4.14. The summed E-state index contributed by atoms with van der Waals surface area (Å²) in [6.07, 6.45) is 2.12. The van der Waals surface area contributed by atoms with E-state index in [1.54, 1.807) is 0 Å². The fourth-order valence-corrected chi connectivity index (χ4v) is 0.750. The number of hydrogen-bond donors (Lipinski definition) is 0. The molecule has 58 valence electrons. The maximum absolute atomic E-state index is 10.2. The van der Waals surface area contributed by atoms with Crippen LogP contribution in [0.3, 0.4) is 0 Å². The predicted molar refractivity (Wildman–Crippen MR) is 38.4 cm³/mol. The Kier molecular flexibility index (Phi) is 6.52. The van der Waals surface area contributed by atoms with Gasteiger partial charge in [-0.2, -0.15) is 0 Å². The second-order valence-corrected chi connectivity index (χ2v) is 2.54. The van der Waals surface area contributed by atoms with E-state index in [1.807, 2.05) is 0 Å². The second kappa shape index (κ2) is 6.76. The first-order valence-corrected chi connectivity index (χ1v) is 4.13. The van der Waals surface area contributed by atoms with E-state index in [0.29, 0.717) is 6.61 Å². The predicted octanol–water partition coefficient (Wildman–Crippen LogP) is 0.900. The van der Waals surface area contributed by atoms with E-state index in [2.05, 4.69) is 11.3 Å². The van der Waals surface area contributed by atoms with E-state index >= 15 is 0 Å². The molecule has 0 heterocycles. The fraction of sp³-hybridized carbons (Fsp3) is 0.833. The van der Waals surface area contributed by atoms with E-state index in [4.69, 9.17) is 4.43 Å². The molecule has 4 heteroatoms. The highest BCUT2D eigenvalue weighted by Crippen LogP contribution is 1.86. The van der Waals surface area contributed by atoms with Gasteiger partial charge in [0.05, 0.1) is 0 Å². The summed E-state index contributed by atoms with van der Waals surface area (Å²) in [5.41, 5.74) is 0. The van der Waals surface area contributed by atoms with Gasteiger partial charge in [0.15, 0.2) is 0 Å². The molecule has 0 aromatic rings. The van der Waals surface area contributed by atoms with Crippen molar-refractivity contribution in [2.24, 2.45) is 0 Å². The Morgan fingerprint density at radius 3 is 2.80 bits per heavy atom. The molecule has 0 fully saturated rings. The van der Waals surface area contributed by atoms with Crippen LogP contribution in [0.2, 0.25) is 0 Å². The molecule has 0 aliphatic heterocycles. The van der Waals surface area contributed by atoms with Crippen molar-refractivity contribution in [1.82, 2.24) is 0 Å². The Balaban J connectivity index is 2.84. The van der Waals surface area contributed by atoms with E-state index in [9.17, 15) is 4.79 Å². The van der Waals surface area contributed by atoms with Crippen LogP contribution in [-0.2, 0) is 13.6 Å². The molecular formula is C6H12O3Si. The van der Waals surface area contributed by atoms with Crippen LogP contribution in [0.25, 0.3) is 0 Å². The third-order valence-electron chi connectivity index (χ3n) is 0.844. The van der Waals surface area contributed by atoms with Gasteiger partial charge in [0.2, 0.25) is 0 Å². The lowest BCUT2D eigenvalue weighted by atomic mass is 10.4. The highest BCUT2D eigenvalue weighted by Gasteiger charge is 1.96. The van der Waals surface area contributed by atoms with Gasteiger partial charge in [-0.3, -0.25) is 4.79 Å². The smallest absolute Gasteiger partial charge is 0.491 e. The van der Waals surface area contributed by atoms with Crippen LogP contribution in [0, 0.1) is 0 Å². The molecule has 0 bridgehead atoms. The second-order valence-electron chi connectivity index (χ2n) is 1.88. The van der Waals surface area contributed by atoms with Gasteiger partial charge in [0, 0.05) is 13.5 Å². The van der Waals surface area contributed by atoms with Crippen molar-refractivity contribution in [3.05, 3.63) is 0 Å². The largest absolute Gasteiger partial charge is 0.523 e. The molecule has 0 aromatic carbocycles. The van der Waals surface area contributed by atoms with Crippen molar-refractivity contribution in [1.29, 1.82) is 0 Å². The minimum absolute atomic E-state index is 0.127. The summed E-state index contributed by atoms with van der Waals surface area (Å²) in [5.74, 6) is -0.283. The average molecular weight is 160 g/mol. The van der Waals surface area contributed by atoms with Crippen molar-refractivity contribution >= 4 is 16.0 Å². The standard InChI is InChI=1S/C6H12O3Si/c1-3-4-5-8-10-9-6(2)7/h3-5H2,1-2H3. The molecule has 0 saturated carbocycles. The molecule has 0 atom stereocenters. The van der Waals surface area contributed by atoms with Gasteiger partial charge in [-0.15, -0.1) is 0 Å². The number of unbranched alkanes of at least 4 members (excludes halogenated alkanes) is 1. The van der Waals surface area contributed by atoms with E-state index < -0.39 is 0 Å². The normalized spacial score (nSPS) is 9.40. The first-order chi connectivity index (χ1) is 4.77. The molecular weight excluding hydrogens is 148 g/mol. The summed E-state index contributed by atoms with van der Waals surface area (Å²) in [7, 11) is -0.127. The maximum Gasteiger partial charge on any atom is 0.523 e. The van der Waals surface area contributed by atoms with Gasteiger partial charge < -0.3 is 8.85 Å². The molecule has 3 nitrogen and oxygen atoms in total. The van der Waals surface area contributed by atoms with Gasteiger partial charge in [0.1, 0.15) is 0 Å². The molecule has 0 rings (SSSR count). The van der Waals surface area contributed by atoms with Gasteiger partial charge in [-0.1, -0.05) is 13.3 Å².